The Morgan fingerprint density at radius 2 is 2.06 bits per heavy atom. The molecule has 0 amide bonds. The summed E-state index contributed by atoms with van der Waals surface area (Å²) in [6.45, 7) is 2.43. The molecule has 0 aliphatic heterocycles. The van der Waals surface area contributed by atoms with Crippen LogP contribution in [-0.4, -0.2) is 26.6 Å². The van der Waals surface area contributed by atoms with Crippen LogP contribution in [0.4, 0.5) is 0 Å². The Morgan fingerprint density at radius 1 is 1.25 bits per heavy atom. The van der Waals surface area contributed by atoms with Crippen LogP contribution in [-0.2, 0) is 13.1 Å². The molecule has 16 heavy (non-hydrogen) atoms. The van der Waals surface area contributed by atoms with Crippen molar-refractivity contribution in [3.63, 3.8) is 0 Å². The monoisotopic (exact) mass is 218 g/mol. The van der Waals surface area contributed by atoms with Crippen LogP contribution < -0.4 is 5.32 Å². The van der Waals surface area contributed by atoms with Crippen LogP contribution in [0.5, 0.6) is 5.75 Å². The molecule has 5 heteroatoms. The van der Waals surface area contributed by atoms with Gasteiger partial charge in [0.15, 0.2) is 0 Å². The second kappa shape index (κ2) is 5.27. The largest absolute Gasteiger partial charge is 0.508 e. The van der Waals surface area contributed by atoms with Gasteiger partial charge in [0.1, 0.15) is 5.75 Å². The van der Waals surface area contributed by atoms with Crippen LogP contribution in [0.15, 0.2) is 36.7 Å². The van der Waals surface area contributed by atoms with Gasteiger partial charge in [0.25, 0.3) is 0 Å². The van der Waals surface area contributed by atoms with Crippen LogP contribution in [0, 0.1) is 0 Å². The molecule has 0 radical (unpaired) electrons. The van der Waals surface area contributed by atoms with Crippen molar-refractivity contribution >= 4 is 0 Å². The summed E-state index contributed by atoms with van der Waals surface area (Å²) in [5.74, 6) is 0.298. The summed E-state index contributed by atoms with van der Waals surface area (Å²) in [5.41, 5.74) is 1.15. The van der Waals surface area contributed by atoms with Crippen molar-refractivity contribution in [2.45, 2.75) is 13.1 Å². The molecule has 0 unspecified atom stereocenters. The Balaban J connectivity index is 1.70. The minimum atomic E-state index is 0.298. The lowest BCUT2D eigenvalue weighted by Crippen LogP contribution is -2.19. The number of aromatic nitrogens is 3. The predicted octanol–water partition coefficient (Wildman–Crippen LogP) is 0.773. The summed E-state index contributed by atoms with van der Waals surface area (Å²) in [5, 5.41) is 20.0. The Hall–Kier alpha value is -1.88. The van der Waals surface area contributed by atoms with Crippen molar-refractivity contribution < 1.29 is 5.11 Å². The number of hydrogen-bond donors (Lipinski definition) is 2. The fraction of sp³-hybridized carbons (Fsp3) is 0.273. The van der Waals surface area contributed by atoms with Crippen molar-refractivity contribution in [3.8, 4) is 5.75 Å². The Kier molecular flexibility index (Phi) is 3.50. The number of phenols is 1. The molecule has 1 aromatic carbocycles. The first-order valence-corrected chi connectivity index (χ1v) is 5.17. The van der Waals surface area contributed by atoms with Crippen molar-refractivity contribution in [3.05, 3.63) is 42.2 Å². The Bertz CT molecular complexity index is 410. The molecule has 1 aromatic heterocycles. The highest BCUT2D eigenvalue weighted by Crippen LogP contribution is 2.08. The molecule has 0 aliphatic carbocycles. The lowest BCUT2D eigenvalue weighted by atomic mass is 10.2. The van der Waals surface area contributed by atoms with Crippen molar-refractivity contribution in [2.24, 2.45) is 0 Å². The van der Waals surface area contributed by atoms with Crippen LogP contribution in [0.2, 0.25) is 0 Å². The van der Waals surface area contributed by atoms with E-state index < -0.39 is 0 Å². The maximum atomic E-state index is 9.11. The van der Waals surface area contributed by atoms with E-state index in [1.54, 1.807) is 23.0 Å². The van der Waals surface area contributed by atoms with E-state index >= 15 is 0 Å². The average molecular weight is 218 g/mol. The van der Waals surface area contributed by atoms with Crippen molar-refractivity contribution in [1.29, 1.82) is 0 Å². The van der Waals surface area contributed by atoms with Gasteiger partial charge in [-0.05, 0) is 17.7 Å². The summed E-state index contributed by atoms with van der Waals surface area (Å²) < 4.78 is 1.78. The number of phenolic OH excluding ortho intramolecular Hbond substituents is 1. The molecule has 0 aliphatic rings. The van der Waals surface area contributed by atoms with Gasteiger partial charge in [-0.2, -0.15) is 0 Å². The number of hydrogen-bond acceptors (Lipinski definition) is 4. The second-order valence-corrected chi connectivity index (χ2v) is 3.51. The quantitative estimate of drug-likeness (QED) is 0.728. The number of rotatable bonds is 5. The summed E-state index contributed by atoms with van der Waals surface area (Å²) in [6.07, 6.45) is 3.50. The van der Waals surface area contributed by atoms with E-state index in [0.717, 1.165) is 25.2 Å². The molecular weight excluding hydrogens is 204 g/mol. The maximum Gasteiger partial charge on any atom is 0.115 e. The lowest BCUT2D eigenvalue weighted by Gasteiger charge is -2.04. The zero-order valence-corrected chi connectivity index (χ0v) is 8.87. The van der Waals surface area contributed by atoms with Gasteiger partial charge in [0.05, 0.1) is 12.7 Å². The molecule has 2 aromatic rings. The summed E-state index contributed by atoms with van der Waals surface area (Å²) in [7, 11) is 0. The first-order chi connectivity index (χ1) is 7.84. The molecule has 1 heterocycles. The van der Waals surface area contributed by atoms with E-state index in [-0.39, 0.29) is 0 Å². The van der Waals surface area contributed by atoms with E-state index in [4.69, 9.17) is 5.11 Å². The summed E-state index contributed by atoms with van der Waals surface area (Å²) >= 11 is 0. The summed E-state index contributed by atoms with van der Waals surface area (Å²) in [4.78, 5) is 0. The van der Waals surface area contributed by atoms with Crippen molar-refractivity contribution in [1.82, 2.24) is 20.3 Å². The Morgan fingerprint density at radius 3 is 2.75 bits per heavy atom. The fourth-order valence-electron chi connectivity index (χ4n) is 1.39. The van der Waals surface area contributed by atoms with Crippen LogP contribution in [0.1, 0.15) is 5.56 Å². The standard InChI is InChI=1S/C11H14N4O/c16-11-3-1-10(2-4-11)9-12-5-7-15-8-6-13-14-15/h1-4,6,8,12,16H,5,7,9H2. The number of nitrogens with one attached hydrogen (secondary N) is 1. The third-order valence-electron chi connectivity index (χ3n) is 2.26. The molecule has 0 saturated carbocycles. The Labute approximate surface area is 93.7 Å². The van der Waals surface area contributed by atoms with Gasteiger partial charge in [0, 0.05) is 19.3 Å². The molecule has 84 valence electrons. The van der Waals surface area contributed by atoms with Crippen LogP contribution in [0.3, 0.4) is 0 Å². The molecule has 2 N–H and O–H groups in total. The van der Waals surface area contributed by atoms with Gasteiger partial charge in [-0.15, -0.1) is 5.10 Å². The number of benzene rings is 1. The molecule has 5 nitrogen and oxygen atoms in total. The van der Waals surface area contributed by atoms with Crippen molar-refractivity contribution in [2.75, 3.05) is 6.54 Å². The molecule has 0 atom stereocenters. The smallest absolute Gasteiger partial charge is 0.115 e. The molecule has 2 rings (SSSR count). The zero-order chi connectivity index (χ0) is 11.2. The average Bonchev–Trinajstić information content (AvgIpc) is 2.80. The van der Waals surface area contributed by atoms with Gasteiger partial charge in [0.2, 0.25) is 0 Å². The van der Waals surface area contributed by atoms with Gasteiger partial charge in [-0.3, -0.25) is 4.68 Å². The van der Waals surface area contributed by atoms with E-state index in [9.17, 15) is 0 Å². The number of aromatic hydroxyl groups is 1. The molecule has 0 spiro atoms. The fourth-order valence-corrected chi connectivity index (χ4v) is 1.39. The lowest BCUT2D eigenvalue weighted by molar-refractivity contribution is 0.475. The summed E-state index contributed by atoms with van der Waals surface area (Å²) in [6, 6.07) is 7.18. The predicted molar refractivity (Wildman–Crippen MR) is 59.8 cm³/mol. The van der Waals surface area contributed by atoms with Crippen LogP contribution in [0.25, 0.3) is 0 Å². The minimum Gasteiger partial charge on any atom is -0.508 e. The molecule has 0 bridgehead atoms. The molecular formula is C11H14N4O. The van der Waals surface area contributed by atoms with E-state index in [2.05, 4.69) is 15.6 Å². The second-order valence-electron chi connectivity index (χ2n) is 3.51. The zero-order valence-electron chi connectivity index (χ0n) is 8.87. The maximum absolute atomic E-state index is 9.11. The molecule has 0 saturated heterocycles. The number of nitrogens with zero attached hydrogens (tertiary/aromatic N) is 3. The van der Waals surface area contributed by atoms with Crippen LogP contribution >= 0.6 is 0 Å². The first-order valence-electron chi connectivity index (χ1n) is 5.17. The normalized spacial score (nSPS) is 10.5. The highest BCUT2D eigenvalue weighted by Gasteiger charge is 1.94. The van der Waals surface area contributed by atoms with Gasteiger partial charge >= 0.3 is 0 Å². The third kappa shape index (κ3) is 3.06. The topological polar surface area (TPSA) is 63.0 Å². The van der Waals surface area contributed by atoms with Gasteiger partial charge < -0.3 is 10.4 Å². The third-order valence-corrected chi connectivity index (χ3v) is 2.26. The van der Waals surface area contributed by atoms with E-state index in [1.807, 2.05) is 18.3 Å². The SMILES string of the molecule is Oc1ccc(CNCCn2ccnn2)cc1. The minimum absolute atomic E-state index is 0.298. The van der Waals surface area contributed by atoms with Gasteiger partial charge in [-0.25, -0.2) is 0 Å². The molecule has 0 fully saturated rings. The first kappa shape index (κ1) is 10.6. The highest BCUT2D eigenvalue weighted by atomic mass is 16.3. The van der Waals surface area contributed by atoms with E-state index in [0.29, 0.717) is 5.75 Å². The highest BCUT2D eigenvalue weighted by molar-refractivity contribution is 5.25. The van der Waals surface area contributed by atoms with E-state index in [1.165, 1.54) is 0 Å². The van der Waals surface area contributed by atoms with Gasteiger partial charge in [-0.1, -0.05) is 17.3 Å².